The molecule has 0 aliphatic rings. The van der Waals surface area contributed by atoms with Gasteiger partial charge in [-0.3, -0.25) is 4.57 Å². The van der Waals surface area contributed by atoms with Crippen molar-refractivity contribution in [1.82, 2.24) is 9.55 Å². The van der Waals surface area contributed by atoms with Crippen molar-refractivity contribution in [3.8, 4) is 17.2 Å². The largest absolute Gasteiger partial charge is 0.508 e. The van der Waals surface area contributed by atoms with Crippen molar-refractivity contribution < 1.29 is 10.2 Å². The number of benzene rings is 3. The van der Waals surface area contributed by atoms with Gasteiger partial charge in [-0.15, -0.1) is 0 Å². The van der Waals surface area contributed by atoms with Crippen LogP contribution in [-0.4, -0.2) is 19.8 Å². The third-order valence-electron chi connectivity index (χ3n) is 4.53. The maximum Gasteiger partial charge on any atom is 0.331 e. The van der Waals surface area contributed by atoms with E-state index in [2.05, 4.69) is 4.98 Å². The minimum absolute atomic E-state index is 0.0232. The van der Waals surface area contributed by atoms with E-state index in [4.69, 9.17) is 0 Å². The molecule has 0 amide bonds. The van der Waals surface area contributed by atoms with Gasteiger partial charge in [0.05, 0.1) is 16.7 Å². The molecule has 1 heterocycles. The molecule has 0 saturated heterocycles. The van der Waals surface area contributed by atoms with Crippen LogP contribution in [0.5, 0.6) is 11.5 Å². The summed E-state index contributed by atoms with van der Waals surface area (Å²) in [5.74, 6) is -0.118. The fraction of sp³-hybridized carbons (Fsp3) is 0.0952. The normalized spacial score (nSPS) is 11.1. The molecule has 0 aliphatic carbocycles. The molecular weight excluding hydrogens is 328 g/mol. The summed E-state index contributed by atoms with van der Waals surface area (Å²) in [5.41, 5.74) is 3.22. The van der Waals surface area contributed by atoms with Crippen LogP contribution in [0, 0.1) is 0 Å². The zero-order chi connectivity index (χ0) is 18.1. The first-order valence-corrected chi connectivity index (χ1v) is 8.42. The second-order valence-corrected chi connectivity index (χ2v) is 6.24. The Morgan fingerprint density at radius 1 is 0.846 bits per heavy atom. The van der Waals surface area contributed by atoms with E-state index in [9.17, 15) is 15.0 Å². The van der Waals surface area contributed by atoms with Crippen LogP contribution in [0.2, 0.25) is 0 Å². The summed E-state index contributed by atoms with van der Waals surface area (Å²) in [4.78, 5) is 15.2. The maximum absolute atomic E-state index is 12.4. The molecule has 0 spiro atoms. The average Bonchev–Trinajstić information content (AvgIpc) is 2.98. The molecule has 3 aromatic carbocycles. The van der Waals surface area contributed by atoms with Gasteiger partial charge < -0.3 is 15.2 Å². The number of aromatic nitrogens is 2. The van der Waals surface area contributed by atoms with Crippen LogP contribution in [0.25, 0.3) is 16.7 Å². The smallest absolute Gasteiger partial charge is 0.331 e. The van der Waals surface area contributed by atoms with Crippen molar-refractivity contribution in [2.45, 2.75) is 12.8 Å². The monoisotopic (exact) mass is 346 g/mol. The van der Waals surface area contributed by atoms with Gasteiger partial charge in [-0.1, -0.05) is 42.5 Å². The first kappa shape index (κ1) is 16.0. The predicted molar refractivity (Wildman–Crippen MR) is 101 cm³/mol. The Labute approximate surface area is 149 Å². The van der Waals surface area contributed by atoms with E-state index in [0.29, 0.717) is 28.7 Å². The van der Waals surface area contributed by atoms with E-state index in [-0.39, 0.29) is 17.2 Å². The second-order valence-electron chi connectivity index (χ2n) is 6.24. The Balaban J connectivity index is 1.77. The summed E-state index contributed by atoms with van der Waals surface area (Å²) in [5, 5.41) is 20.5. The Hall–Kier alpha value is -3.47. The molecule has 0 atom stereocenters. The zero-order valence-corrected chi connectivity index (χ0v) is 14.0. The number of hydrogen-bond donors (Lipinski definition) is 3. The summed E-state index contributed by atoms with van der Waals surface area (Å²) in [6.45, 7) is 0. The van der Waals surface area contributed by atoms with E-state index < -0.39 is 0 Å². The summed E-state index contributed by atoms with van der Waals surface area (Å²) in [7, 11) is 0. The van der Waals surface area contributed by atoms with Crippen molar-refractivity contribution in [3.63, 3.8) is 0 Å². The molecule has 4 aromatic rings. The van der Waals surface area contributed by atoms with Crippen LogP contribution in [0.15, 0.2) is 71.5 Å². The molecule has 5 nitrogen and oxygen atoms in total. The Kier molecular flexibility index (Phi) is 3.97. The Morgan fingerprint density at radius 3 is 2.38 bits per heavy atom. The molecule has 0 aliphatic heterocycles. The number of rotatable bonds is 4. The fourth-order valence-corrected chi connectivity index (χ4v) is 3.21. The number of fused-ring (bicyclic) bond motifs is 1. The van der Waals surface area contributed by atoms with E-state index in [1.165, 1.54) is 10.6 Å². The van der Waals surface area contributed by atoms with E-state index in [0.717, 1.165) is 12.0 Å². The Bertz CT molecular complexity index is 1130. The summed E-state index contributed by atoms with van der Waals surface area (Å²) in [6.07, 6.45) is 1.35. The molecule has 5 heteroatoms. The highest BCUT2D eigenvalue weighted by atomic mass is 16.3. The van der Waals surface area contributed by atoms with Crippen LogP contribution >= 0.6 is 0 Å². The van der Waals surface area contributed by atoms with Gasteiger partial charge in [0.25, 0.3) is 0 Å². The lowest BCUT2D eigenvalue weighted by Gasteiger charge is -2.11. The van der Waals surface area contributed by atoms with Gasteiger partial charge in [-0.05, 0) is 42.2 Å². The first-order valence-electron chi connectivity index (χ1n) is 8.42. The van der Waals surface area contributed by atoms with Crippen LogP contribution in [0.1, 0.15) is 11.1 Å². The third kappa shape index (κ3) is 2.84. The molecular formula is C21H18N2O3. The van der Waals surface area contributed by atoms with Gasteiger partial charge >= 0.3 is 5.69 Å². The predicted octanol–water partition coefficient (Wildman–Crippen LogP) is 3.52. The van der Waals surface area contributed by atoms with Crippen LogP contribution < -0.4 is 5.69 Å². The lowest BCUT2D eigenvalue weighted by atomic mass is 10.0. The molecule has 130 valence electrons. The quantitative estimate of drug-likeness (QED) is 0.529. The summed E-state index contributed by atoms with van der Waals surface area (Å²) < 4.78 is 1.43. The number of para-hydroxylation sites is 2. The van der Waals surface area contributed by atoms with Crippen LogP contribution in [0.3, 0.4) is 0 Å². The van der Waals surface area contributed by atoms with E-state index in [1.54, 1.807) is 12.1 Å². The third-order valence-corrected chi connectivity index (χ3v) is 4.53. The van der Waals surface area contributed by atoms with Crippen molar-refractivity contribution in [2.75, 3.05) is 0 Å². The highest BCUT2D eigenvalue weighted by Crippen LogP contribution is 2.31. The average molecular weight is 346 g/mol. The minimum Gasteiger partial charge on any atom is -0.508 e. The number of phenols is 2. The number of aromatic hydroxyl groups is 2. The van der Waals surface area contributed by atoms with Crippen LogP contribution in [0.4, 0.5) is 0 Å². The number of aryl methyl sites for hydroxylation is 2. The highest BCUT2D eigenvalue weighted by molar-refractivity contribution is 5.78. The molecule has 0 bridgehead atoms. The number of aromatic amines is 1. The number of imidazole rings is 1. The van der Waals surface area contributed by atoms with Crippen molar-refractivity contribution in [3.05, 3.63) is 88.3 Å². The number of phenolic OH excluding ortho intramolecular Hbond substituents is 2. The molecule has 0 radical (unpaired) electrons. The Morgan fingerprint density at radius 2 is 1.58 bits per heavy atom. The topological polar surface area (TPSA) is 78.2 Å². The number of nitrogens with zero attached hydrogens (tertiary/aromatic N) is 1. The number of H-pyrrole nitrogens is 1. The molecule has 0 unspecified atom stereocenters. The minimum atomic E-state index is -0.332. The van der Waals surface area contributed by atoms with Crippen molar-refractivity contribution in [1.29, 1.82) is 0 Å². The van der Waals surface area contributed by atoms with Gasteiger partial charge in [0.1, 0.15) is 11.5 Å². The lowest BCUT2D eigenvalue weighted by Crippen LogP contribution is -2.15. The van der Waals surface area contributed by atoms with Gasteiger partial charge in [0.2, 0.25) is 0 Å². The molecule has 1 aromatic heterocycles. The van der Waals surface area contributed by atoms with Crippen LogP contribution in [-0.2, 0) is 12.8 Å². The van der Waals surface area contributed by atoms with E-state index in [1.807, 2.05) is 48.5 Å². The highest BCUT2D eigenvalue weighted by Gasteiger charge is 2.15. The molecule has 4 rings (SSSR count). The van der Waals surface area contributed by atoms with Gasteiger partial charge in [0, 0.05) is 6.07 Å². The molecule has 26 heavy (non-hydrogen) atoms. The number of nitrogens with one attached hydrogen (secondary N) is 1. The molecule has 0 fully saturated rings. The van der Waals surface area contributed by atoms with E-state index >= 15 is 0 Å². The van der Waals surface area contributed by atoms with Gasteiger partial charge in [0.15, 0.2) is 0 Å². The maximum atomic E-state index is 12.4. The SMILES string of the molecule is O=c1[nH]c2ccccc2n1-c1cc(CCc2ccccc2)c(O)cc1O. The van der Waals surface area contributed by atoms with Crippen molar-refractivity contribution >= 4 is 11.0 Å². The zero-order valence-electron chi connectivity index (χ0n) is 14.0. The second kappa shape index (κ2) is 6.44. The lowest BCUT2D eigenvalue weighted by molar-refractivity contribution is 0.444. The van der Waals surface area contributed by atoms with Crippen molar-refractivity contribution in [2.24, 2.45) is 0 Å². The standard InChI is InChI=1S/C21H18N2O3/c24-19-13-20(25)18(12-15(19)11-10-14-6-2-1-3-7-14)23-17-9-5-4-8-16(17)22-21(23)26/h1-9,12-13,24-25H,10-11H2,(H,22,26). The number of hydrogen-bond acceptors (Lipinski definition) is 3. The fourth-order valence-electron chi connectivity index (χ4n) is 3.21. The first-order chi connectivity index (χ1) is 12.6. The molecule has 0 saturated carbocycles. The molecule has 3 N–H and O–H groups in total. The summed E-state index contributed by atoms with van der Waals surface area (Å²) >= 11 is 0. The van der Waals surface area contributed by atoms with Gasteiger partial charge in [-0.25, -0.2) is 4.79 Å². The summed E-state index contributed by atoms with van der Waals surface area (Å²) in [6, 6.07) is 20.2. The van der Waals surface area contributed by atoms with Gasteiger partial charge in [-0.2, -0.15) is 0 Å².